The molecule has 5 heteroatoms. The molecular weight excluding hydrogens is 298 g/mol. The summed E-state index contributed by atoms with van der Waals surface area (Å²) in [5.41, 5.74) is 1.42. The number of para-hydroxylation sites is 1. The molecule has 0 saturated carbocycles. The van der Waals surface area contributed by atoms with Gasteiger partial charge in [0.2, 0.25) is 0 Å². The molecule has 0 aliphatic rings. The molecule has 0 aromatic heterocycles. The van der Waals surface area contributed by atoms with Gasteiger partial charge in [-0.25, -0.2) is 8.42 Å². The number of hydrogen-bond donors (Lipinski definition) is 2. The molecule has 0 spiro atoms. The van der Waals surface area contributed by atoms with Crippen molar-refractivity contribution >= 4 is 15.5 Å². The predicted octanol–water partition coefficient (Wildman–Crippen LogP) is 3.01. The Kier molecular flexibility index (Phi) is 5.21. The van der Waals surface area contributed by atoms with Crippen LogP contribution >= 0.6 is 0 Å². The molecule has 118 valence electrons. The average molecular weight is 319 g/mol. The molecule has 0 aliphatic heterocycles. The Morgan fingerprint density at radius 1 is 1.05 bits per heavy atom. The quantitative estimate of drug-likeness (QED) is 0.859. The third-order valence-electron chi connectivity index (χ3n) is 3.45. The maximum absolute atomic E-state index is 11.8. The number of aliphatic hydroxyl groups is 1. The van der Waals surface area contributed by atoms with Gasteiger partial charge < -0.3 is 10.4 Å². The second kappa shape index (κ2) is 6.94. The van der Waals surface area contributed by atoms with Crippen LogP contribution in [0.25, 0.3) is 0 Å². The average Bonchev–Trinajstić information content (AvgIpc) is 2.47. The van der Waals surface area contributed by atoms with E-state index in [0.717, 1.165) is 5.56 Å². The van der Waals surface area contributed by atoms with Crippen LogP contribution in [0.4, 0.5) is 5.69 Å². The molecule has 4 nitrogen and oxygen atoms in total. The van der Waals surface area contributed by atoms with Gasteiger partial charge in [-0.3, -0.25) is 0 Å². The van der Waals surface area contributed by atoms with Gasteiger partial charge in [0.05, 0.1) is 16.7 Å². The predicted molar refractivity (Wildman–Crippen MR) is 88.7 cm³/mol. The van der Waals surface area contributed by atoms with Crippen LogP contribution in [0.2, 0.25) is 0 Å². The van der Waals surface area contributed by atoms with Crippen LogP contribution in [-0.4, -0.2) is 25.8 Å². The normalized spacial score (nSPS) is 14.3. The Labute approximate surface area is 131 Å². The highest BCUT2D eigenvalue weighted by Crippen LogP contribution is 2.24. The smallest absolute Gasteiger partial charge is 0.177 e. The molecule has 0 aliphatic carbocycles. The Balaban J connectivity index is 2.09. The van der Waals surface area contributed by atoms with Crippen LogP contribution in [0.1, 0.15) is 25.0 Å². The third-order valence-corrected chi connectivity index (χ3v) is 4.60. The lowest BCUT2D eigenvalue weighted by Crippen LogP contribution is -2.20. The number of sulfone groups is 1. The molecule has 2 N–H and O–H groups in total. The van der Waals surface area contributed by atoms with Gasteiger partial charge in [0.15, 0.2) is 9.84 Å². The summed E-state index contributed by atoms with van der Waals surface area (Å²) < 4.78 is 23.6. The first-order chi connectivity index (χ1) is 10.4. The van der Waals surface area contributed by atoms with Crippen molar-refractivity contribution < 1.29 is 13.5 Å². The first kappa shape index (κ1) is 16.5. The van der Waals surface area contributed by atoms with E-state index < -0.39 is 15.9 Å². The van der Waals surface area contributed by atoms with Crippen LogP contribution in [0.15, 0.2) is 59.5 Å². The zero-order valence-corrected chi connectivity index (χ0v) is 13.5. The van der Waals surface area contributed by atoms with Crippen molar-refractivity contribution in [3.8, 4) is 0 Å². The van der Waals surface area contributed by atoms with Gasteiger partial charge in [-0.15, -0.1) is 0 Å². The summed E-state index contributed by atoms with van der Waals surface area (Å²) in [6.07, 6.45) is 1.09. The van der Waals surface area contributed by atoms with Crippen LogP contribution in [0, 0.1) is 0 Å². The lowest BCUT2D eigenvalue weighted by Gasteiger charge is -2.20. The molecule has 0 fully saturated rings. The van der Waals surface area contributed by atoms with Crippen molar-refractivity contribution in [1.82, 2.24) is 0 Å². The summed E-state index contributed by atoms with van der Waals surface area (Å²) >= 11 is 0. The molecule has 0 amide bonds. The van der Waals surface area contributed by atoms with Crippen LogP contribution in [0.5, 0.6) is 0 Å². The minimum Gasteiger partial charge on any atom is -0.388 e. The summed E-state index contributed by atoms with van der Waals surface area (Å²) in [4.78, 5) is 0.274. The lowest BCUT2D eigenvalue weighted by atomic mass is 10.0. The lowest BCUT2D eigenvalue weighted by molar-refractivity contribution is 0.162. The van der Waals surface area contributed by atoms with Gasteiger partial charge in [0.1, 0.15) is 0 Å². The molecule has 2 aromatic rings. The van der Waals surface area contributed by atoms with E-state index in [4.69, 9.17) is 0 Å². The summed E-state index contributed by atoms with van der Waals surface area (Å²) in [6.45, 7) is 1.92. The molecule has 0 heterocycles. The zero-order valence-electron chi connectivity index (χ0n) is 12.7. The van der Waals surface area contributed by atoms with E-state index in [0.29, 0.717) is 12.1 Å². The van der Waals surface area contributed by atoms with E-state index in [1.807, 2.05) is 37.3 Å². The SMILES string of the molecule is C[C@H](C[C@@H](O)c1ccccc1)Nc1ccccc1S(C)(=O)=O. The number of anilines is 1. The van der Waals surface area contributed by atoms with Crippen LogP contribution in [0.3, 0.4) is 0 Å². The molecule has 2 rings (SSSR count). The van der Waals surface area contributed by atoms with Gasteiger partial charge in [-0.1, -0.05) is 42.5 Å². The number of aliphatic hydroxyl groups excluding tert-OH is 1. The van der Waals surface area contributed by atoms with E-state index >= 15 is 0 Å². The Morgan fingerprint density at radius 3 is 2.27 bits per heavy atom. The fourth-order valence-electron chi connectivity index (χ4n) is 2.38. The van der Waals surface area contributed by atoms with Gasteiger partial charge in [-0.05, 0) is 31.0 Å². The highest BCUT2D eigenvalue weighted by molar-refractivity contribution is 7.90. The first-order valence-electron chi connectivity index (χ1n) is 7.16. The maximum Gasteiger partial charge on any atom is 0.177 e. The van der Waals surface area contributed by atoms with Crippen molar-refractivity contribution in [3.63, 3.8) is 0 Å². The Bertz CT molecular complexity index is 714. The summed E-state index contributed by atoms with van der Waals surface area (Å²) in [7, 11) is -3.28. The minimum atomic E-state index is -3.28. The molecule has 2 aromatic carbocycles. The topological polar surface area (TPSA) is 66.4 Å². The van der Waals surface area contributed by atoms with E-state index in [1.54, 1.807) is 24.3 Å². The van der Waals surface area contributed by atoms with E-state index in [1.165, 1.54) is 6.26 Å². The summed E-state index contributed by atoms with van der Waals surface area (Å²) in [6, 6.07) is 16.2. The van der Waals surface area contributed by atoms with E-state index in [9.17, 15) is 13.5 Å². The van der Waals surface area contributed by atoms with Crippen LogP contribution in [-0.2, 0) is 9.84 Å². The van der Waals surface area contributed by atoms with Crippen molar-refractivity contribution in [2.24, 2.45) is 0 Å². The van der Waals surface area contributed by atoms with Gasteiger partial charge in [0.25, 0.3) is 0 Å². The fourth-order valence-corrected chi connectivity index (χ4v) is 3.23. The highest BCUT2D eigenvalue weighted by atomic mass is 32.2. The number of hydrogen-bond acceptors (Lipinski definition) is 4. The largest absolute Gasteiger partial charge is 0.388 e. The number of nitrogens with one attached hydrogen (secondary N) is 1. The van der Waals surface area contributed by atoms with Crippen LogP contribution < -0.4 is 5.32 Å². The molecular formula is C17H21NO3S. The van der Waals surface area contributed by atoms with Gasteiger partial charge in [0, 0.05) is 12.3 Å². The van der Waals surface area contributed by atoms with Crippen molar-refractivity contribution in [3.05, 3.63) is 60.2 Å². The van der Waals surface area contributed by atoms with E-state index in [2.05, 4.69) is 5.32 Å². The van der Waals surface area contributed by atoms with Crippen molar-refractivity contribution in [1.29, 1.82) is 0 Å². The maximum atomic E-state index is 11.8. The van der Waals surface area contributed by atoms with E-state index in [-0.39, 0.29) is 10.9 Å². The molecule has 0 radical (unpaired) electrons. The second-order valence-corrected chi connectivity index (χ2v) is 7.46. The second-order valence-electron chi connectivity index (χ2n) is 5.48. The fraction of sp³-hybridized carbons (Fsp3) is 0.294. The van der Waals surface area contributed by atoms with Crippen molar-refractivity contribution in [2.45, 2.75) is 30.4 Å². The van der Waals surface area contributed by atoms with Gasteiger partial charge >= 0.3 is 0 Å². The summed E-state index contributed by atoms with van der Waals surface area (Å²) in [5.74, 6) is 0. The monoisotopic (exact) mass is 319 g/mol. The zero-order chi connectivity index (χ0) is 16.2. The molecule has 0 unspecified atom stereocenters. The standard InChI is InChI=1S/C17H21NO3S/c1-13(12-16(19)14-8-4-3-5-9-14)18-15-10-6-7-11-17(15)22(2,20)21/h3-11,13,16,18-19H,12H2,1-2H3/t13-,16-/m1/s1. The molecule has 22 heavy (non-hydrogen) atoms. The first-order valence-corrected chi connectivity index (χ1v) is 9.05. The third kappa shape index (κ3) is 4.32. The number of rotatable bonds is 6. The number of benzene rings is 2. The Morgan fingerprint density at radius 2 is 1.64 bits per heavy atom. The minimum absolute atomic E-state index is 0.0712. The highest BCUT2D eigenvalue weighted by Gasteiger charge is 2.16. The molecule has 2 atom stereocenters. The molecule has 0 saturated heterocycles. The van der Waals surface area contributed by atoms with Crippen molar-refractivity contribution in [2.75, 3.05) is 11.6 Å². The Hall–Kier alpha value is -1.85. The summed E-state index contributed by atoms with van der Waals surface area (Å²) in [5, 5.41) is 13.4. The van der Waals surface area contributed by atoms with Gasteiger partial charge in [-0.2, -0.15) is 0 Å². The molecule has 0 bridgehead atoms.